The van der Waals surface area contributed by atoms with E-state index < -0.39 is 0 Å². The van der Waals surface area contributed by atoms with Crippen LogP contribution in [0.15, 0.2) is 10.9 Å². The van der Waals surface area contributed by atoms with Gasteiger partial charge in [0.05, 0.1) is 18.7 Å². The molecule has 0 atom stereocenters. The Morgan fingerprint density at radius 2 is 2.41 bits per heavy atom. The Morgan fingerprint density at radius 3 is 3.12 bits per heavy atom. The highest BCUT2D eigenvalue weighted by Gasteiger charge is 2.18. The van der Waals surface area contributed by atoms with Gasteiger partial charge >= 0.3 is 0 Å². The number of nitrogens with one attached hydrogen (secondary N) is 1. The van der Waals surface area contributed by atoms with Crippen LogP contribution >= 0.6 is 22.6 Å². The molecule has 0 saturated heterocycles. The SMILES string of the molecule is Cc1cc(=O)c(CNC(=O)I)c2n1CCCO2. The monoisotopic (exact) mass is 348 g/mol. The molecule has 0 aliphatic carbocycles. The van der Waals surface area contributed by atoms with Crippen LogP contribution in [0.3, 0.4) is 0 Å². The van der Waals surface area contributed by atoms with E-state index in [0.29, 0.717) is 18.1 Å². The van der Waals surface area contributed by atoms with Crippen molar-refractivity contribution in [3.63, 3.8) is 0 Å². The molecule has 1 aliphatic rings. The van der Waals surface area contributed by atoms with Crippen molar-refractivity contribution < 1.29 is 9.53 Å². The Kier molecular flexibility index (Phi) is 3.70. The smallest absolute Gasteiger partial charge is 0.280 e. The van der Waals surface area contributed by atoms with Crippen molar-refractivity contribution in [1.29, 1.82) is 0 Å². The Labute approximate surface area is 112 Å². The first-order chi connectivity index (χ1) is 8.09. The molecule has 92 valence electrons. The average Bonchev–Trinajstić information content (AvgIpc) is 2.28. The second kappa shape index (κ2) is 5.07. The maximum atomic E-state index is 11.9. The van der Waals surface area contributed by atoms with E-state index >= 15 is 0 Å². The summed E-state index contributed by atoms with van der Waals surface area (Å²) in [6.07, 6.45) is 0.939. The number of fused-ring (bicyclic) bond motifs is 1. The number of carbonyl (C=O) groups excluding carboxylic acids is 1. The minimum atomic E-state index is -0.183. The standard InChI is InChI=1S/C11H13IN2O3/c1-7-5-9(15)8(6-13-11(12)16)10-14(7)3-2-4-17-10/h5H,2-4,6H2,1H3,(H,13,16). The first-order valence-corrected chi connectivity index (χ1v) is 6.47. The third-order valence-corrected chi connectivity index (χ3v) is 3.12. The number of hydrogen-bond acceptors (Lipinski definition) is 3. The number of pyridine rings is 1. The van der Waals surface area contributed by atoms with Crippen molar-refractivity contribution in [3.8, 4) is 5.88 Å². The summed E-state index contributed by atoms with van der Waals surface area (Å²) in [4.78, 5) is 22.8. The average molecular weight is 348 g/mol. The predicted molar refractivity (Wildman–Crippen MR) is 71.8 cm³/mol. The van der Waals surface area contributed by atoms with E-state index in [4.69, 9.17) is 4.74 Å². The first kappa shape index (κ1) is 12.4. The van der Waals surface area contributed by atoms with Crippen LogP contribution in [0.2, 0.25) is 0 Å². The molecule has 1 aromatic heterocycles. The van der Waals surface area contributed by atoms with E-state index in [0.717, 1.165) is 18.7 Å². The fourth-order valence-corrected chi connectivity index (χ4v) is 2.13. The molecular formula is C11H13IN2O3. The molecule has 1 aliphatic heterocycles. The quantitative estimate of drug-likeness (QED) is 0.502. The number of nitrogens with zero attached hydrogens (tertiary/aromatic N) is 1. The number of halogens is 1. The van der Waals surface area contributed by atoms with Crippen LogP contribution in [0.1, 0.15) is 17.7 Å². The topological polar surface area (TPSA) is 60.3 Å². The summed E-state index contributed by atoms with van der Waals surface area (Å²) < 4.78 is 7.36. The zero-order valence-corrected chi connectivity index (χ0v) is 11.6. The molecule has 0 aromatic carbocycles. The molecule has 2 heterocycles. The van der Waals surface area contributed by atoms with Crippen LogP contribution in [-0.2, 0) is 13.1 Å². The Morgan fingerprint density at radius 1 is 1.65 bits per heavy atom. The highest BCUT2D eigenvalue weighted by atomic mass is 127. The van der Waals surface area contributed by atoms with E-state index in [2.05, 4.69) is 5.32 Å². The van der Waals surface area contributed by atoms with E-state index in [-0.39, 0.29) is 15.9 Å². The van der Waals surface area contributed by atoms with Gasteiger partial charge in [0.25, 0.3) is 3.91 Å². The number of aromatic nitrogens is 1. The van der Waals surface area contributed by atoms with Crippen molar-refractivity contribution in [2.75, 3.05) is 6.61 Å². The van der Waals surface area contributed by atoms with Gasteiger partial charge in [-0.25, -0.2) is 0 Å². The number of carbonyl (C=O) groups is 1. The van der Waals surface area contributed by atoms with Crippen LogP contribution in [-0.4, -0.2) is 15.1 Å². The fraction of sp³-hybridized carbons (Fsp3) is 0.455. The van der Waals surface area contributed by atoms with E-state index in [9.17, 15) is 9.59 Å². The minimum absolute atomic E-state index is 0.0826. The number of hydrogen-bond donors (Lipinski definition) is 1. The summed E-state index contributed by atoms with van der Waals surface area (Å²) in [5, 5.41) is 2.63. The zero-order valence-electron chi connectivity index (χ0n) is 9.46. The molecule has 0 radical (unpaired) electrons. The van der Waals surface area contributed by atoms with Gasteiger partial charge in [0.1, 0.15) is 0 Å². The van der Waals surface area contributed by atoms with Gasteiger partial charge in [0.2, 0.25) is 5.88 Å². The third kappa shape index (κ3) is 2.62. The Balaban J connectivity index is 2.43. The van der Waals surface area contributed by atoms with Gasteiger partial charge in [-0.3, -0.25) is 9.59 Å². The van der Waals surface area contributed by atoms with Crippen LogP contribution in [0, 0.1) is 6.92 Å². The van der Waals surface area contributed by atoms with E-state index in [1.54, 1.807) is 28.7 Å². The molecular weight excluding hydrogens is 335 g/mol. The van der Waals surface area contributed by atoms with Crippen LogP contribution in [0.25, 0.3) is 0 Å². The summed E-state index contributed by atoms with van der Waals surface area (Å²) in [6, 6.07) is 1.59. The zero-order chi connectivity index (χ0) is 12.4. The van der Waals surface area contributed by atoms with Gasteiger partial charge in [-0.15, -0.1) is 0 Å². The molecule has 0 spiro atoms. The highest BCUT2D eigenvalue weighted by molar-refractivity contribution is 14.1. The van der Waals surface area contributed by atoms with Gasteiger partial charge in [0.15, 0.2) is 5.43 Å². The van der Waals surface area contributed by atoms with Crippen molar-refractivity contribution in [3.05, 3.63) is 27.5 Å². The molecule has 5 nitrogen and oxygen atoms in total. The maximum Gasteiger partial charge on any atom is 0.280 e. The lowest BCUT2D eigenvalue weighted by Crippen LogP contribution is -2.28. The number of aryl methyl sites for hydroxylation is 1. The summed E-state index contributed by atoms with van der Waals surface area (Å²) >= 11 is 1.64. The molecule has 1 aromatic rings. The largest absolute Gasteiger partial charge is 0.478 e. The van der Waals surface area contributed by atoms with Gasteiger partial charge in [0, 0.05) is 40.9 Å². The summed E-state index contributed by atoms with van der Waals surface area (Å²) in [7, 11) is 0. The Bertz CT molecular complexity index is 510. The maximum absolute atomic E-state index is 11.9. The van der Waals surface area contributed by atoms with E-state index in [1.165, 1.54) is 0 Å². The van der Waals surface area contributed by atoms with Gasteiger partial charge in [-0.2, -0.15) is 0 Å². The van der Waals surface area contributed by atoms with Crippen LogP contribution < -0.4 is 15.5 Å². The van der Waals surface area contributed by atoms with E-state index in [1.807, 2.05) is 11.5 Å². The normalized spacial score (nSPS) is 13.8. The molecule has 6 heteroatoms. The van der Waals surface area contributed by atoms with Crippen molar-refractivity contribution in [2.24, 2.45) is 0 Å². The molecule has 2 rings (SSSR count). The lowest BCUT2D eigenvalue weighted by molar-refractivity contribution is 0.231. The molecule has 1 N–H and O–H groups in total. The second-order valence-electron chi connectivity index (χ2n) is 3.91. The minimum Gasteiger partial charge on any atom is -0.478 e. The molecule has 0 saturated carbocycles. The summed E-state index contributed by atoms with van der Waals surface area (Å²) in [5.41, 5.74) is 1.34. The van der Waals surface area contributed by atoms with Crippen molar-refractivity contribution in [2.45, 2.75) is 26.4 Å². The number of rotatable bonds is 2. The summed E-state index contributed by atoms with van der Waals surface area (Å²) in [5.74, 6) is 0.603. The lowest BCUT2D eigenvalue weighted by atomic mass is 10.2. The first-order valence-electron chi connectivity index (χ1n) is 5.39. The van der Waals surface area contributed by atoms with Crippen molar-refractivity contribution >= 4 is 26.5 Å². The van der Waals surface area contributed by atoms with Crippen molar-refractivity contribution in [1.82, 2.24) is 9.88 Å². The fourth-order valence-electron chi connectivity index (χ4n) is 1.94. The second-order valence-corrected chi connectivity index (χ2v) is 4.89. The van der Waals surface area contributed by atoms with Crippen LogP contribution in [0.5, 0.6) is 5.88 Å². The number of amides is 1. The third-order valence-electron chi connectivity index (χ3n) is 2.74. The predicted octanol–water partition coefficient (Wildman–Crippen LogP) is 1.58. The highest BCUT2D eigenvalue weighted by Crippen LogP contribution is 2.22. The van der Waals surface area contributed by atoms with Gasteiger partial charge in [-0.1, -0.05) is 0 Å². The number of ether oxygens (including phenoxy) is 1. The van der Waals surface area contributed by atoms with Crippen LogP contribution in [0.4, 0.5) is 4.79 Å². The van der Waals surface area contributed by atoms with Gasteiger partial charge in [-0.05, 0) is 13.3 Å². The molecule has 1 amide bonds. The molecule has 0 unspecified atom stereocenters. The molecule has 17 heavy (non-hydrogen) atoms. The molecule has 0 fully saturated rings. The molecule has 0 bridgehead atoms. The van der Waals surface area contributed by atoms with Gasteiger partial charge < -0.3 is 14.6 Å². The summed E-state index contributed by atoms with van der Waals surface area (Å²) in [6.45, 7) is 3.58. The Hall–Kier alpha value is -1.05. The lowest BCUT2D eigenvalue weighted by Gasteiger charge is -2.24.